The van der Waals surface area contributed by atoms with Crippen molar-refractivity contribution in [3.63, 3.8) is 0 Å². The van der Waals surface area contributed by atoms with E-state index >= 15 is 0 Å². The summed E-state index contributed by atoms with van der Waals surface area (Å²) in [4.78, 5) is 0. The Kier molecular flexibility index (Phi) is 3.38. The van der Waals surface area contributed by atoms with Crippen molar-refractivity contribution in [1.82, 2.24) is 0 Å². The second-order valence-corrected chi connectivity index (χ2v) is 5.09. The average Bonchev–Trinajstić information content (AvgIpc) is 2.82. The van der Waals surface area contributed by atoms with E-state index in [1.54, 1.807) is 0 Å². The molecule has 1 aromatic carbocycles. The first-order chi connectivity index (χ1) is 9.24. The number of ether oxygens (including phenoxy) is 3. The van der Waals surface area contributed by atoms with Crippen molar-refractivity contribution in [3.05, 3.63) is 12.1 Å². The summed E-state index contributed by atoms with van der Waals surface area (Å²) in [5.41, 5.74) is 7.63. The fraction of sp³-hybridized carbons (Fsp3) is 0.571. The van der Waals surface area contributed by atoms with Crippen molar-refractivity contribution in [2.45, 2.75) is 19.4 Å². The second-order valence-electron chi connectivity index (χ2n) is 5.09. The lowest BCUT2D eigenvalue weighted by Crippen LogP contribution is -2.21. The number of hydrogen-bond acceptors (Lipinski definition) is 5. The van der Waals surface area contributed by atoms with Crippen LogP contribution in [0.5, 0.6) is 11.5 Å². The molecule has 0 aromatic heterocycles. The zero-order valence-electron chi connectivity index (χ0n) is 11.1. The fourth-order valence-electron chi connectivity index (χ4n) is 2.54. The molecule has 1 fully saturated rings. The number of nitrogens with one attached hydrogen (secondary N) is 1. The number of anilines is 2. The maximum absolute atomic E-state index is 6.03. The minimum Gasteiger partial charge on any atom is -0.486 e. The topological polar surface area (TPSA) is 65.7 Å². The van der Waals surface area contributed by atoms with Gasteiger partial charge in [-0.25, -0.2) is 0 Å². The summed E-state index contributed by atoms with van der Waals surface area (Å²) < 4.78 is 16.6. The highest BCUT2D eigenvalue weighted by molar-refractivity contribution is 5.72. The highest BCUT2D eigenvalue weighted by atomic mass is 16.6. The van der Waals surface area contributed by atoms with Gasteiger partial charge in [-0.05, 0) is 13.3 Å². The molecule has 0 spiro atoms. The molecule has 3 N–H and O–H groups in total. The van der Waals surface area contributed by atoms with E-state index in [-0.39, 0.29) is 0 Å². The lowest BCUT2D eigenvalue weighted by molar-refractivity contribution is 0.108. The van der Waals surface area contributed by atoms with Gasteiger partial charge in [0.15, 0.2) is 11.5 Å². The molecule has 2 heterocycles. The molecule has 19 heavy (non-hydrogen) atoms. The van der Waals surface area contributed by atoms with Crippen LogP contribution >= 0.6 is 0 Å². The van der Waals surface area contributed by atoms with E-state index in [4.69, 9.17) is 19.9 Å². The maximum atomic E-state index is 6.03. The van der Waals surface area contributed by atoms with Crippen LogP contribution in [0.3, 0.4) is 0 Å². The zero-order valence-corrected chi connectivity index (χ0v) is 11.1. The van der Waals surface area contributed by atoms with Crippen molar-refractivity contribution < 1.29 is 14.2 Å². The van der Waals surface area contributed by atoms with Gasteiger partial charge in [0.25, 0.3) is 0 Å². The largest absolute Gasteiger partial charge is 0.486 e. The predicted octanol–water partition coefficient (Wildman–Crippen LogP) is 1.88. The lowest BCUT2D eigenvalue weighted by Gasteiger charge is -2.21. The number of nitrogen functional groups attached to an aromatic ring is 1. The number of rotatable bonds is 3. The normalized spacial score (nSPS) is 25.3. The van der Waals surface area contributed by atoms with Crippen LogP contribution in [0.1, 0.15) is 13.3 Å². The standard InChI is InChI=1S/C14H20N2O3/c1-9-10(2-3-17-9)8-16-12-7-14-13(6-11(12)15)18-4-5-19-14/h6-7,9-10,16H,2-5,8,15H2,1H3. The number of nitrogens with two attached hydrogens (primary N) is 1. The summed E-state index contributed by atoms with van der Waals surface area (Å²) in [5.74, 6) is 2.03. The second kappa shape index (κ2) is 5.17. The summed E-state index contributed by atoms with van der Waals surface area (Å²) >= 11 is 0. The molecule has 5 nitrogen and oxygen atoms in total. The Morgan fingerprint density at radius 2 is 1.95 bits per heavy atom. The van der Waals surface area contributed by atoms with Crippen LogP contribution in [0.4, 0.5) is 11.4 Å². The minimum atomic E-state index is 0.311. The molecule has 3 rings (SSSR count). The van der Waals surface area contributed by atoms with E-state index in [1.807, 2.05) is 12.1 Å². The third-order valence-electron chi connectivity index (χ3n) is 3.80. The van der Waals surface area contributed by atoms with Crippen LogP contribution in [0.2, 0.25) is 0 Å². The molecule has 2 atom stereocenters. The number of fused-ring (bicyclic) bond motifs is 1. The Labute approximate surface area is 113 Å². The lowest BCUT2D eigenvalue weighted by atomic mass is 10.0. The average molecular weight is 264 g/mol. The van der Waals surface area contributed by atoms with E-state index in [0.29, 0.717) is 30.9 Å². The van der Waals surface area contributed by atoms with Gasteiger partial charge in [0.1, 0.15) is 13.2 Å². The SMILES string of the molecule is CC1OCCC1CNc1cc2c(cc1N)OCCO2. The van der Waals surface area contributed by atoms with Crippen LogP contribution in [-0.2, 0) is 4.74 Å². The molecular weight excluding hydrogens is 244 g/mol. The van der Waals surface area contributed by atoms with Gasteiger partial charge < -0.3 is 25.3 Å². The Bertz CT molecular complexity index is 464. The highest BCUT2D eigenvalue weighted by Gasteiger charge is 2.24. The Morgan fingerprint density at radius 3 is 2.63 bits per heavy atom. The summed E-state index contributed by atoms with van der Waals surface area (Å²) in [6.45, 7) is 5.00. The van der Waals surface area contributed by atoms with Gasteiger partial charge in [0.2, 0.25) is 0 Å². The highest BCUT2D eigenvalue weighted by Crippen LogP contribution is 2.37. The molecule has 0 aliphatic carbocycles. The smallest absolute Gasteiger partial charge is 0.163 e. The van der Waals surface area contributed by atoms with E-state index < -0.39 is 0 Å². The first-order valence-electron chi connectivity index (χ1n) is 6.78. The van der Waals surface area contributed by atoms with E-state index in [0.717, 1.165) is 36.8 Å². The third kappa shape index (κ3) is 2.56. The molecule has 1 aromatic rings. The van der Waals surface area contributed by atoms with E-state index in [9.17, 15) is 0 Å². The van der Waals surface area contributed by atoms with Crippen molar-refractivity contribution in [1.29, 1.82) is 0 Å². The molecule has 0 amide bonds. The van der Waals surface area contributed by atoms with Gasteiger partial charge >= 0.3 is 0 Å². The van der Waals surface area contributed by atoms with Gasteiger partial charge in [-0.2, -0.15) is 0 Å². The van der Waals surface area contributed by atoms with Crippen molar-refractivity contribution in [2.75, 3.05) is 37.4 Å². The first kappa shape index (κ1) is 12.4. The van der Waals surface area contributed by atoms with Crippen LogP contribution < -0.4 is 20.5 Å². The molecule has 0 radical (unpaired) electrons. The third-order valence-corrected chi connectivity index (χ3v) is 3.80. The quantitative estimate of drug-likeness (QED) is 0.816. The zero-order chi connectivity index (χ0) is 13.2. The molecule has 104 valence electrons. The molecule has 2 aliphatic rings. The Hall–Kier alpha value is -1.62. The van der Waals surface area contributed by atoms with E-state index in [2.05, 4.69) is 12.2 Å². The predicted molar refractivity (Wildman–Crippen MR) is 73.9 cm³/mol. The molecule has 5 heteroatoms. The molecule has 1 saturated heterocycles. The Morgan fingerprint density at radius 1 is 1.21 bits per heavy atom. The van der Waals surface area contributed by atoms with Gasteiger partial charge in [-0.15, -0.1) is 0 Å². The van der Waals surface area contributed by atoms with E-state index in [1.165, 1.54) is 0 Å². The monoisotopic (exact) mass is 264 g/mol. The van der Waals surface area contributed by atoms with Crippen molar-refractivity contribution >= 4 is 11.4 Å². The van der Waals surface area contributed by atoms with Crippen LogP contribution in [0.15, 0.2) is 12.1 Å². The fourth-order valence-corrected chi connectivity index (χ4v) is 2.54. The molecule has 0 saturated carbocycles. The number of benzene rings is 1. The van der Waals surface area contributed by atoms with Gasteiger partial charge in [-0.1, -0.05) is 0 Å². The van der Waals surface area contributed by atoms with Gasteiger partial charge in [-0.3, -0.25) is 0 Å². The molecule has 2 aliphatic heterocycles. The summed E-state index contributed by atoms with van der Waals surface area (Å²) in [6.07, 6.45) is 1.41. The summed E-state index contributed by atoms with van der Waals surface area (Å²) in [6, 6.07) is 3.75. The molecular formula is C14H20N2O3. The van der Waals surface area contributed by atoms with Crippen molar-refractivity contribution in [2.24, 2.45) is 5.92 Å². The summed E-state index contributed by atoms with van der Waals surface area (Å²) in [5, 5.41) is 3.39. The first-order valence-corrected chi connectivity index (χ1v) is 6.78. The van der Waals surface area contributed by atoms with Gasteiger partial charge in [0.05, 0.1) is 17.5 Å². The minimum absolute atomic E-state index is 0.311. The number of hydrogen-bond donors (Lipinski definition) is 2. The van der Waals surface area contributed by atoms with Gasteiger partial charge in [0, 0.05) is 31.2 Å². The van der Waals surface area contributed by atoms with Crippen LogP contribution in [0, 0.1) is 5.92 Å². The van der Waals surface area contributed by atoms with Crippen molar-refractivity contribution in [3.8, 4) is 11.5 Å². The van der Waals surface area contributed by atoms with Crippen LogP contribution in [-0.4, -0.2) is 32.5 Å². The summed E-state index contributed by atoms with van der Waals surface area (Å²) in [7, 11) is 0. The molecule has 0 bridgehead atoms. The Balaban J connectivity index is 1.70. The maximum Gasteiger partial charge on any atom is 0.163 e. The molecule has 2 unspecified atom stereocenters. The van der Waals surface area contributed by atoms with Crippen LogP contribution in [0.25, 0.3) is 0 Å².